The largest absolute Gasteiger partial charge is 0.295 e. The highest BCUT2D eigenvalue weighted by atomic mass is 32.2. The van der Waals surface area contributed by atoms with E-state index in [-0.39, 0.29) is 34.3 Å². The molecule has 0 amide bonds. The van der Waals surface area contributed by atoms with Gasteiger partial charge in [0, 0.05) is 5.39 Å². The van der Waals surface area contributed by atoms with Crippen molar-refractivity contribution in [1.82, 2.24) is 0 Å². The summed E-state index contributed by atoms with van der Waals surface area (Å²) >= 11 is 3.92. The Balaban J connectivity index is 0. The molecule has 4 rings (SSSR count). The lowest BCUT2D eigenvalue weighted by molar-refractivity contribution is 0.479. The zero-order valence-corrected chi connectivity index (χ0v) is 36.4. The van der Waals surface area contributed by atoms with Crippen molar-refractivity contribution in [2.75, 3.05) is 12.0 Å². The normalized spacial score (nSPS) is 11.2. The first-order valence-corrected chi connectivity index (χ1v) is 23.7. The van der Waals surface area contributed by atoms with Gasteiger partial charge in [-0.1, -0.05) is 90.8 Å². The summed E-state index contributed by atoms with van der Waals surface area (Å²) in [7, 11) is -17.6. The van der Waals surface area contributed by atoms with E-state index < -0.39 is 50.3 Å². The molecule has 4 aromatic carbocycles. The lowest BCUT2D eigenvalue weighted by atomic mass is 9.92. The molecule has 53 heavy (non-hydrogen) atoms. The van der Waals surface area contributed by atoms with Crippen molar-refractivity contribution in [2.45, 2.75) is 110 Å². The molecule has 0 spiro atoms. The number of aryl methyl sites for hydroxylation is 4. The van der Waals surface area contributed by atoms with Gasteiger partial charge < -0.3 is 0 Å². The summed E-state index contributed by atoms with van der Waals surface area (Å²) in [4.78, 5) is -1.16. The first-order valence-electron chi connectivity index (χ1n) is 16.9. The lowest BCUT2D eigenvalue weighted by Crippen LogP contribution is -2.10. The molecular weight excluding hydrogens is 785 g/mol. The molecule has 4 aromatic rings. The summed E-state index contributed by atoms with van der Waals surface area (Å²) in [5.41, 5.74) is 2.26. The van der Waals surface area contributed by atoms with Crippen LogP contribution in [-0.2, 0) is 53.3 Å². The molecule has 12 nitrogen and oxygen atoms in total. The number of benzene rings is 4. The number of hydrogen-bond donors (Lipinski definition) is 5. The van der Waals surface area contributed by atoms with Gasteiger partial charge in [0.15, 0.2) is 0 Å². The van der Waals surface area contributed by atoms with E-state index in [1.54, 1.807) is 44.2 Å². The molecule has 4 N–H and O–H groups in total. The van der Waals surface area contributed by atoms with Crippen LogP contribution in [0.5, 0.6) is 0 Å². The van der Waals surface area contributed by atoms with E-state index in [1.807, 2.05) is 34.6 Å². The Labute approximate surface area is 322 Å². The minimum absolute atomic E-state index is 0.00988. The molecule has 0 atom stereocenters. The second-order valence-electron chi connectivity index (χ2n) is 11.2. The Morgan fingerprint density at radius 3 is 1.55 bits per heavy atom. The quantitative estimate of drug-likeness (QED) is 0.0872. The summed E-state index contributed by atoms with van der Waals surface area (Å²) in [5, 5.41) is 1.64. The number of hydrogen-bond acceptors (Lipinski definition) is 9. The molecule has 0 unspecified atom stereocenters. The molecule has 0 aromatic heterocycles. The van der Waals surface area contributed by atoms with Gasteiger partial charge in [-0.2, -0.15) is 46.3 Å². The maximum absolute atomic E-state index is 12.3. The molecule has 0 saturated heterocycles. The molecule has 0 aliphatic carbocycles. The van der Waals surface area contributed by atoms with E-state index in [1.165, 1.54) is 18.9 Å². The molecule has 0 heterocycles. The van der Waals surface area contributed by atoms with Crippen molar-refractivity contribution in [3.63, 3.8) is 0 Å². The monoisotopic (exact) mass is 840 g/mol. The third kappa shape index (κ3) is 17.6. The van der Waals surface area contributed by atoms with Gasteiger partial charge in [-0.25, -0.2) is 0 Å². The molecule has 302 valence electrons. The third-order valence-corrected chi connectivity index (χ3v) is 9.86. The third-order valence-electron chi connectivity index (χ3n) is 6.66. The smallest absolute Gasteiger partial charge is 0.286 e. The zero-order chi connectivity index (χ0) is 42.1. The van der Waals surface area contributed by atoms with E-state index in [0.29, 0.717) is 33.5 Å². The molecule has 0 saturated carbocycles. The number of rotatable bonds is 7. The van der Waals surface area contributed by atoms with Crippen molar-refractivity contribution in [2.24, 2.45) is 0 Å². The van der Waals surface area contributed by atoms with Gasteiger partial charge in [0.1, 0.15) is 4.90 Å². The van der Waals surface area contributed by atoms with Crippen LogP contribution in [-0.4, -0.2) is 63.9 Å². The van der Waals surface area contributed by atoms with Crippen LogP contribution in [0.2, 0.25) is 0 Å². The first kappa shape index (κ1) is 52.5. The van der Waals surface area contributed by atoms with E-state index in [4.69, 9.17) is 4.55 Å². The van der Waals surface area contributed by atoms with E-state index >= 15 is 0 Å². The summed E-state index contributed by atoms with van der Waals surface area (Å²) in [5.74, 6) is 1.01. The second kappa shape index (κ2) is 23.3. The van der Waals surface area contributed by atoms with Gasteiger partial charge in [0.25, 0.3) is 40.5 Å². The minimum Gasteiger partial charge on any atom is -0.286 e. The predicted octanol–water partition coefficient (Wildman–Crippen LogP) is 8.74. The fourth-order valence-electron chi connectivity index (χ4n) is 4.89. The van der Waals surface area contributed by atoms with Crippen LogP contribution in [0.1, 0.15) is 89.1 Å². The van der Waals surface area contributed by atoms with Gasteiger partial charge >= 0.3 is 0 Å². The zero-order valence-electron chi connectivity index (χ0n) is 32.3. The maximum atomic E-state index is 12.3. The fraction of sp³-hybridized carbons (Fsp3) is 0.444. The Morgan fingerprint density at radius 1 is 0.642 bits per heavy atom. The summed E-state index contributed by atoms with van der Waals surface area (Å²) in [6.07, 6.45) is 3.14. The average Bonchev–Trinajstić information content (AvgIpc) is 3.04. The first-order chi connectivity index (χ1) is 24.3. The standard InChI is InChI=1S/C25H24O9S3.C3H8S.C3H8.2C2H6.CH4O3S/c1-14-4-8-22-18(10-14)6-5-17(25(22)37(32,33)34)7-9-21-16(3)24-15(2)11-20(35(26,27)28)12-19(24)13-23(21)36(29,30)31;1-2-3-4;1-3-2;2*1-2;1-5(2,3)4/h4-6,8,10-13H,7,9H2,1-3H3,(H,26,27,28)(H,29,30,31)(H,32,33,34);4H,2-3H2,1H3;3H2,1-2H3;2*1-2H3;1H3,(H,2,3,4). The molecule has 0 aliphatic rings. The summed E-state index contributed by atoms with van der Waals surface area (Å²) < 4.78 is 128. The van der Waals surface area contributed by atoms with Crippen LogP contribution in [0.3, 0.4) is 0 Å². The highest BCUT2D eigenvalue weighted by Gasteiger charge is 2.24. The van der Waals surface area contributed by atoms with Crippen LogP contribution in [0.15, 0.2) is 63.2 Å². The average molecular weight is 841 g/mol. The highest BCUT2D eigenvalue weighted by molar-refractivity contribution is 7.86. The van der Waals surface area contributed by atoms with E-state index in [0.717, 1.165) is 23.4 Å². The van der Waals surface area contributed by atoms with Crippen molar-refractivity contribution in [3.8, 4) is 0 Å². The van der Waals surface area contributed by atoms with Crippen molar-refractivity contribution < 1.29 is 51.9 Å². The van der Waals surface area contributed by atoms with Crippen LogP contribution < -0.4 is 0 Å². The van der Waals surface area contributed by atoms with Crippen LogP contribution in [0.25, 0.3) is 21.5 Å². The molecule has 0 fully saturated rings. The Hall–Kier alpha value is -2.61. The number of thiol groups is 1. The molecular formula is C36H56O12S5. The lowest BCUT2D eigenvalue weighted by Gasteiger charge is -2.17. The topological polar surface area (TPSA) is 217 Å². The summed E-state index contributed by atoms with van der Waals surface area (Å²) in [6, 6.07) is 11.9. The van der Waals surface area contributed by atoms with E-state index in [9.17, 15) is 47.3 Å². The van der Waals surface area contributed by atoms with Crippen molar-refractivity contribution >= 4 is 74.6 Å². The van der Waals surface area contributed by atoms with Gasteiger partial charge in [-0.15, -0.1) is 0 Å². The van der Waals surface area contributed by atoms with Crippen molar-refractivity contribution in [3.05, 3.63) is 76.3 Å². The molecule has 17 heteroatoms. The SMILES string of the molecule is CC.CC.CCC.CCCS.CS(=O)(=O)O.Cc1ccc2c(S(=O)(=O)O)c(CCc3c(S(=O)(=O)O)cc4cc(S(=O)(=O)O)cc(C)c4c3C)ccc2c1. The van der Waals surface area contributed by atoms with Gasteiger partial charge in [-0.05, 0) is 102 Å². The Kier molecular flexibility index (Phi) is 23.1. The van der Waals surface area contributed by atoms with Gasteiger partial charge in [-0.3, -0.25) is 18.2 Å². The maximum Gasteiger partial charge on any atom is 0.295 e. The highest BCUT2D eigenvalue weighted by Crippen LogP contribution is 2.35. The van der Waals surface area contributed by atoms with E-state index in [2.05, 4.69) is 33.4 Å². The second-order valence-corrected chi connectivity index (χ2v) is 17.3. The molecule has 0 radical (unpaired) electrons. The minimum atomic E-state index is -4.77. The van der Waals surface area contributed by atoms with Crippen LogP contribution >= 0.6 is 12.6 Å². The fourth-order valence-corrected chi connectivity index (χ4v) is 7.30. The molecule has 0 bridgehead atoms. The van der Waals surface area contributed by atoms with Gasteiger partial charge in [0.2, 0.25) is 0 Å². The van der Waals surface area contributed by atoms with Crippen LogP contribution in [0, 0.1) is 20.8 Å². The van der Waals surface area contributed by atoms with Crippen LogP contribution in [0.4, 0.5) is 0 Å². The Morgan fingerprint density at radius 2 is 1.13 bits per heavy atom. The Bertz CT molecular complexity index is 2220. The molecule has 0 aliphatic heterocycles. The summed E-state index contributed by atoms with van der Waals surface area (Å²) in [6.45, 7) is 19.4. The van der Waals surface area contributed by atoms with Crippen molar-refractivity contribution in [1.29, 1.82) is 0 Å². The van der Waals surface area contributed by atoms with Gasteiger partial charge in [0.05, 0.1) is 16.0 Å². The predicted molar refractivity (Wildman–Crippen MR) is 219 cm³/mol. The number of fused-ring (bicyclic) bond motifs is 2.